The molecule has 0 saturated carbocycles. The van der Waals surface area contributed by atoms with E-state index in [2.05, 4.69) is 15.0 Å². The molecular weight excluding hydrogens is 204 g/mol. The van der Waals surface area contributed by atoms with Gasteiger partial charge in [-0.1, -0.05) is 30.3 Å². The molecule has 2 aromatic carbocycles. The fourth-order valence-corrected chi connectivity index (χ4v) is 1.73. The molecule has 5 nitrogen and oxygen atoms in total. The summed E-state index contributed by atoms with van der Waals surface area (Å²) in [7, 11) is 0. The second kappa shape index (κ2) is 3.25. The van der Waals surface area contributed by atoms with Crippen LogP contribution in [0.4, 0.5) is 6.01 Å². The number of azide groups is 1. The van der Waals surface area contributed by atoms with Gasteiger partial charge in [0.05, 0.1) is 0 Å². The van der Waals surface area contributed by atoms with Gasteiger partial charge in [0, 0.05) is 10.3 Å². The number of hydrogen-bond acceptors (Lipinski definition) is 3. The highest BCUT2D eigenvalue weighted by Crippen LogP contribution is 2.28. The van der Waals surface area contributed by atoms with E-state index in [-0.39, 0.29) is 6.01 Å². The van der Waals surface area contributed by atoms with Gasteiger partial charge in [-0.15, -0.1) is 0 Å². The first kappa shape index (κ1) is 8.76. The average Bonchev–Trinajstić information content (AvgIpc) is 2.72. The fourth-order valence-electron chi connectivity index (χ4n) is 1.73. The normalized spacial score (nSPS) is 10.5. The van der Waals surface area contributed by atoms with Gasteiger partial charge < -0.3 is 4.42 Å². The number of aromatic nitrogens is 1. The van der Waals surface area contributed by atoms with Crippen molar-refractivity contribution in [1.82, 2.24) is 4.98 Å². The zero-order valence-electron chi connectivity index (χ0n) is 8.16. The van der Waals surface area contributed by atoms with Crippen LogP contribution in [0.3, 0.4) is 0 Å². The molecule has 0 fully saturated rings. The Hall–Kier alpha value is -2.52. The van der Waals surface area contributed by atoms with Crippen molar-refractivity contribution < 1.29 is 4.42 Å². The number of nitrogens with zero attached hydrogens (tertiary/aromatic N) is 4. The van der Waals surface area contributed by atoms with Crippen molar-refractivity contribution in [2.75, 3.05) is 0 Å². The maximum atomic E-state index is 8.32. The number of rotatable bonds is 1. The minimum absolute atomic E-state index is 0.0499. The topological polar surface area (TPSA) is 74.8 Å². The lowest BCUT2D eigenvalue weighted by molar-refractivity contribution is 0.612. The van der Waals surface area contributed by atoms with E-state index in [1.807, 2.05) is 36.4 Å². The molecule has 3 aromatic rings. The molecule has 0 spiro atoms. The Balaban J connectivity index is 2.45. The predicted molar refractivity (Wildman–Crippen MR) is 60.3 cm³/mol. The van der Waals surface area contributed by atoms with E-state index in [4.69, 9.17) is 9.95 Å². The summed E-state index contributed by atoms with van der Waals surface area (Å²) in [5, 5.41) is 5.42. The molecule has 0 unspecified atom stereocenters. The summed E-state index contributed by atoms with van der Waals surface area (Å²) in [6.45, 7) is 0. The smallest absolute Gasteiger partial charge is 0.284 e. The maximum Gasteiger partial charge on any atom is 0.284 e. The van der Waals surface area contributed by atoms with Gasteiger partial charge in [-0.3, -0.25) is 0 Å². The molecule has 0 amide bonds. The second-order valence-corrected chi connectivity index (χ2v) is 3.32. The molecule has 3 rings (SSSR count). The van der Waals surface area contributed by atoms with Crippen LogP contribution in [0, 0.1) is 0 Å². The summed E-state index contributed by atoms with van der Waals surface area (Å²) in [5.41, 5.74) is 9.67. The van der Waals surface area contributed by atoms with E-state index in [1.165, 1.54) is 0 Å². The van der Waals surface area contributed by atoms with E-state index in [1.54, 1.807) is 0 Å². The van der Waals surface area contributed by atoms with Gasteiger partial charge in [-0.05, 0) is 22.1 Å². The lowest BCUT2D eigenvalue weighted by Gasteiger charge is -1.95. The first-order chi connectivity index (χ1) is 7.88. The molecule has 0 aliphatic rings. The summed E-state index contributed by atoms with van der Waals surface area (Å²) < 4.78 is 5.29. The molecule has 0 saturated heterocycles. The molecule has 0 aliphatic carbocycles. The first-order valence-corrected chi connectivity index (χ1v) is 4.72. The Morgan fingerprint density at radius 1 is 1.19 bits per heavy atom. The Morgan fingerprint density at radius 3 is 2.94 bits per heavy atom. The van der Waals surface area contributed by atoms with Crippen LogP contribution in [-0.4, -0.2) is 4.98 Å². The molecule has 0 atom stereocenters. The van der Waals surface area contributed by atoms with E-state index in [0.29, 0.717) is 5.58 Å². The Labute approximate surface area is 89.9 Å². The van der Waals surface area contributed by atoms with Gasteiger partial charge in [0.1, 0.15) is 5.52 Å². The van der Waals surface area contributed by atoms with Crippen molar-refractivity contribution in [2.45, 2.75) is 0 Å². The summed E-state index contributed by atoms with van der Waals surface area (Å²) in [6.07, 6.45) is 0. The molecule has 0 bridgehead atoms. The second-order valence-electron chi connectivity index (χ2n) is 3.32. The number of benzene rings is 2. The van der Waals surface area contributed by atoms with Gasteiger partial charge in [-0.2, -0.15) is 0 Å². The first-order valence-electron chi connectivity index (χ1n) is 4.72. The predicted octanol–water partition coefficient (Wildman–Crippen LogP) is 3.92. The molecule has 76 valence electrons. The van der Waals surface area contributed by atoms with Crippen LogP contribution in [-0.2, 0) is 0 Å². The van der Waals surface area contributed by atoms with Crippen molar-refractivity contribution in [3.05, 3.63) is 46.8 Å². The Kier molecular flexibility index (Phi) is 1.78. The largest absolute Gasteiger partial charge is 0.435 e. The minimum atomic E-state index is 0.0499. The fraction of sp³-hybridized carbons (Fsp3) is 0. The van der Waals surface area contributed by atoms with E-state index >= 15 is 0 Å². The van der Waals surface area contributed by atoms with Crippen molar-refractivity contribution in [2.24, 2.45) is 5.11 Å². The lowest BCUT2D eigenvalue weighted by atomic mass is 10.1. The quantitative estimate of drug-likeness (QED) is 0.346. The highest BCUT2D eigenvalue weighted by molar-refractivity contribution is 6.03. The molecule has 1 heterocycles. The number of fused-ring (bicyclic) bond motifs is 3. The van der Waals surface area contributed by atoms with Crippen LogP contribution < -0.4 is 0 Å². The van der Waals surface area contributed by atoms with Gasteiger partial charge in [-0.25, -0.2) is 4.98 Å². The number of oxazole rings is 1. The van der Waals surface area contributed by atoms with Crippen LogP contribution >= 0.6 is 0 Å². The summed E-state index contributed by atoms with van der Waals surface area (Å²) in [5.74, 6) is 0. The standard InChI is InChI=1S/C11H6N4O/c12-15-14-11-13-10-8-4-2-1-3-7(8)5-6-9(10)16-11/h1-6H. The van der Waals surface area contributed by atoms with Gasteiger partial charge >= 0.3 is 0 Å². The Morgan fingerprint density at radius 2 is 2.06 bits per heavy atom. The molecular formula is C11H6N4O. The van der Waals surface area contributed by atoms with Gasteiger partial charge in [0.25, 0.3) is 6.01 Å². The van der Waals surface area contributed by atoms with Crippen LogP contribution in [0.15, 0.2) is 45.9 Å². The third kappa shape index (κ3) is 1.20. The van der Waals surface area contributed by atoms with E-state index in [9.17, 15) is 0 Å². The van der Waals surface area contributed by atoms with Crippen molar-refractivity contribution in [1.29, 1.82) is 0 Å². The van der Waals surface area contributed by atoms with Crippen LogP contribution in [0.1, 0.15) is 0 Å². The third-order valence-corrected chi connectivity index (χ3v) is 2.40. The molecule has 0 aliphatic heterocycles. The highest BCUT2D eigenvalue weighted by atomic mass is 16.4. The molecule has 5 heteroatoms. The summed E-state index contributed by atoms with van der Waals surface area (Å²) in [6, 6.07) is 11.7. The van der Waals surface area contributed by atoms with E-state index < -0.39 is 0 Å². The summed E-state index contributed by atoms with van der Waals surface area (Å²) >= 11 is 0. The van der Waals surface area contributed by atoms with Crippen LogP contribution in [0.2, 0.25) is 0 Å². The molecule has 0 radical (unpaired) electrons. The van der Waals surface area contributed by atoms with Gasteiger partial charge in [0.2, 0.25) is 0 Å². The SMILES string of the molecule is [N-]=[N+]=Nc1nc2c(ccc3ccccc32)o1. The minimum Gasteiger partial charge on any atom is -0.435 e. The molecule has 1 aromatic heterocycles. The Bertz CT molecular complexity index is 725. The maximum absolute atomic E-state index is 8.32. The van der Waals surface area contributed by atoms with Crippen molar-refractivity contribution in [3.63, 3.8) is 0 Å². The monoisotopic (exact) mass is 210 g/mol. The lowest BCUT2D eigenvalue weighted by Crippen LogP contribution is -1.73. The zero-order valence-corrected chi connectivity index (χ0v) is 8.16. The van der Waals surface area contributed by atoms with E-state index in [0.717, 1.165) is 16.3 Å². The van der Waals surface area contributed by atoms with Crippen molar-refractivity contribution in [3.8, 4) is 0 Å². The molecule has 16 heavy (non-hydrogen) atoms. The highest BCUT2D eigenvalue weighted by Gasteiger charge is 2.07. The average molecular weight is 210 g/mol. The van der Waals surface area contributed by atoms with Crippen LogP contribution in [0.25, 0.3) is 32.3 Å². The number of hydrogen-bond donors (Lipinski definition) is 0. The third-order valence-electron chi connectivity index (χ3n) is 2.40. The molecule has 0 N–H and O–H groups in total. The van der Waals surface area contributed by atoms with Crippen LogP contribution in [0.5, 0.6) is 0 Å². The van der Waals surface area contributed by atoms with Gasteiger partial charge in [0.15, 0.2) is 5.58 Å². The van der Waals surface area contributed by atoms with Crippen molar-refractivity contribution >= 4 is 27.9 Å². The zero-order chi connectivity index (χ0) is 11.0. The summed E-state index contributed by atoms with van der Waals surface area (Å²) in [4.78, 5) is 6.79.